The Morgan fingerprint density at radius 3 is 2.44 bits per heavy atom. The van der Waals surface area contributed by atoms with Crippen molar-refractivity contribution < 1.29 is 13.5 Å². The van der Waals surface area contributed by atoms with E-state index in [4.69, 9.17) is 0 Å². The quantitative estimate of drug-likeness (QED) is 0.768. The van der Waals surface area contributed by atoms with E-state index in [9.17, 15) is 13.5 Å². The standard InChI is InChI=1S/C11H21NO3S/c13-11(4-1-2-5-11)10-12-6-3-8-16(14,15)9-7-12/h13H,1-10H2. The lowest BCUT2D eigenvalue weighted by atomic mass is 10.0. The van der Waals surface area contributed by atoms with E-state index in [2.05, 4.69) is 4.90 Å². The predicted molar refractivity (Wildman–Crippen MR) is 63.1 cm³/mol. The zero-order chi connectivity index (χ0) is 11.6. The van der Waals surface area contributed by atoms with E-state index in [0.717, 1.165) is 32.2 Å². The monoisotopic (exact) mass is 247 g/mol. The summed E-state index contributed by atoms with van der Waals surface area (Å²) in [5, 5.41) is 10.3. The molecule has 0 radical (unpaired) electrons. The number of aliphatic hydroxyl groups is 1. The third-order valence-electron chi connectivity index (χ3n) is 3.70. The van der Waals surface area contributed by atoms with E-state index in [1.165, 1.54) is 0 Å². The van der Waals surface area contributed by atoms with Crippen LogP contribution < -0.4 is 0 Å². The van der Waals surface area contributed by atoms with Crippen LogP contribution in [-0.2, 0) is 9.84 Å². The first-order valence-corrected chi connectivity index (χ1v) is 7.97. The van der Waals surface area contributed by atoms with Gasteiger partial charge in [-0.05, 0) is 25.8 Å². The van der Waals surface area contributed by atoms with Crippen molar-refractivity contribution in [3.8, 4) is 0 Å². The van der Waals surface area contributed by atoms with E-state index < -0.39 is 15.4 Å². The molecule has 2 rings (SSSR count). The zero-order valence-electron chi connectivity index (χ0n) is 9.69. The molecule has 4 nitrogen and oxygen atoms in total. The van der Waals surface area contributed by atoms with Crippen molar-refractivity contribution in [1.82, 2.24) is 4.90 Å². The van der Waals surface area contributed by atoms with Crippen molar-refractivity contribution in [3.63, 3.8) is 0 Å². The summed E-state index contributed by atoms with van der Waals surface area (Å²) in [5.74, 6) is 0.561. The van der Waals surface area contributed by atoms with Gasteiger partial charge in [-0.1, -0.05) is 12.8 Å². The molecule has 1 aliphatic heterocycles. The van der Waals surface area contributed by atoms with Gasteiger partial charge in [0.2, 0.25) is 0 Å². The maximum atomic E-state index is 11.4. The Labute approximate surface area is 97.6 Å². The Morgan fingerprint density at radius 1 is 1.06 bits per heavy atom. The van der Waals surface area contributed by atoms with Gasteiger partial charge in [-0.2, -0.15) is 0 Å². The van der Waals surface area contributed by atoms with Crippen LogP contribution in [0.25, 0.3) is 0 Å². The molecule has 1 aliphatic carbocycles. The lowest BCUT2D eigenvalue weighted by Crippen LogP contribution is -2.42. The molecule has 16 heavy (non-hydrogen) atoms. The summed E-state index contributed by atoms with van der Waals surface area (Å²) in [6, 6.07) is 0. The Bertz CT molecular complexity index is 333. The van der Waals surface area contributed by atoms with Crippen LogP contribution in [0.1, 0.15) is 32.1 Å². The molecule has 94 valence electrons. The third-order valence-corrected chi connectivity index (χ3v) is 5.42. The van der Waals surface area contributed by atoms with Gasteiger partial charge in [0.15, 0.2) is 9.84 Å². The second-order valence-electron chi connectivity index (χ2n) is 5.21. The Morgan fingerprint density at radius 2 is 1.75 bits per heavy atom. The van der Waals surface area contributed by atoms with Crippen LogP contribution in [0.2, 0.25) is 0 Å². The van der Waals surface area contributed by atoms with Crippen LogP contribution in [0.3, 0.4) is 0 Å². The Balaban J connectivity index is 1.91. The minimum absolute atomic E-state index is 0.253. The van der Waals surface area contributed by atoms with Crippen LogP contribution in [0.15, 0.2) is 0 Å². The maximum absolute atomic E-state index is 11.4. The van der Waals surface area contributed by atoms with Gasteiger partial charge in [0.25, 0.3) is 0 Å². The molecule has 0 atom stereocenters. The molecular weight excluding hydrogens is 226 g/mol. The first-order chi connectivity index (χ1) is 7.49. The van der Waals surface area contributed by atoms with Crippen molar-refractivity contribution in [2.75, 3.05) is 31.1 Å². The van der Waals surface area contributed by atoms with Crippen molar-refractivity contribution in [2.45, 2.75) is 37.7 Å². The number of hydrogen-bond acceptors (Lipinski definition) is 4. The van der Waals surface area contributed by atoms with Gasteiger partial charge in [0, 0.05) is 13.1 Å². The van der Waals surface area contributed by atoms with Gasteiger partial charge in [-0.15, -0.1) is 0 Å². The smallest absolute Gasteiger partial charge is 0.151 e. The highest BCUT2D eigenvalue weighted by molar-refractivity contribution is 7.91. The first kappa shape index (κ1) is 12.3. The lowest BCUT2D eigenvalue weighted by molar-refractivity contribution is 0.0115. The fourth-order valence-corrected chi connectivity index (χ4v) is 4.07. The van der Waals surface area contributed by atoms with Crippen molar-refractivity contribution in [3.05, 3.63) is 0 Å². The molecule has 0 aromatic carbocycles. The number of rotatable bonds is 2. The molecule has 1 N–H and O–H groups in total. The van der Waals surface area contributed by atoms with Gasteiger partial charge in [0.05, 0.1) is 17.1 Å². The van der Waals surface area contributed by atoms with Crippen LogP contribution >= 0.6 is 0 Å². The molecule has 2 aliphatic rings. The number of nitrogens with zero attached hydrogens (tertiary/aromatic N) is 1. The molecule has 0 bridgehead atoms. The molecular formula is C11H21NO3S. The molecule has 0 unspecified atom stereocenters. The molecule has 1 saturated heterocycles. The normalized spacial score (nSPS) is 30.1. The molecule has 1 heterocycles. The van der Waals surface area contributed by atoms with Crippen LogP contribution in [0, 0.1) is 0 Å². The minimum atomic E-state index is -2.83. The van der Waals surface area contributed by atoms with Gasteiger partial charge in [-0.25, -0.2) is 8.42 Å². The summed E-state index contributed by atoms with van der Waals surface area (Å²) in [6.45, 7) is 2.05. The van der Waals surface area contributed by atoms with E-state index >= 15 is 0 Å². The van der Waals surface area contributed by atoms with Gasteiger partial charge in [0.1, 0.15) is 0 Å². The summed E-state index contributed by atoms with van der Waals surface area (Å²) in [7, 11) is -2.83. The van der Waals surface area contributed by atoms with Gasteiger partial charge < -0.3 is 5.11 Å². The Kier molecular flexibility index (Phi) is 3.56. The van der Waals surface area contributed by atoms with Crippen molar-refractivity contribution >= 4 is 9.84 Å². The second kappa shape index (κ2) is 4.63. The summed E-state index contributed by atoms with van der Waals surface area (Å²) in [5.41, 5.74) is -0.548. The molecule has 1 saturated carbocycles. The predicted octanol–water partition coefficient (Wildman–Crippen LogP) is 0.412. The number of hydrogen-bond donors (Lipinski definition) is 1. The van der Waals surface area contributed by atoms with Crippen LogP contribution in [0.5, 0.6) is 0 Å². The maximum Gasteiger partial charge on any atom is 0.151 e. The molecule has 0 aromatic rings. The van der Waals surface area contributed by atoms with Gasteiger partial charge in [-0.3, -0.25) is 4.90 Å². The highest BCUT2D eigenvalue weighted by atomic mass is 32.2. The average molecular weight is 247 g/mol. The molecule has 0 amide bonds. The first-order valence-electron chi connectivity index (χ1n) is 6.14. The third kappa shape index (κ3) is 3.18. The van der Waals surface area contributed by atoms with E-state index in [1.807, 2.05) is 0 Å². The molecule has 0 spiro atoms. The van der Waals surface area contributed by atoms with Crippen molar-refractivity contribution in [1.29, 1.82) is 0 Å². The van der Waals surface area contributed by atoms with Crippen LogP contribution in [0.4, 0.5) is 0 Å². The Hall–Kier alpha value is -0.130. The topological polar surface area (TPSA) is 57.6 Å². The highest BCUT2D eigenvalue weighted by Crippen LogP contribution is 2.30. The number of β-amino-alcohol motifs (C(OH)–C–C–N with tert-alkyl or cyclic N) is 1. The average Bonchev–Trinajstić information content (AvgIpc) is 2.54. The van der Waals surface area contributed by atoms with E-state index in [-0.39, 0.29) is 5.75 Å². The fraction of sp³-hybridized carbons (Fsp3) is 1.00. The molecule has 2 fully saturated rings. The summed E-state index contributed by atoms with van der Waals surface area (Å²) < 4.78 is 22.9. The van der Waals surface area contributed by atoms with E-state index in [1.54, 1.807) is 0 Å². The second-order valence-corrected chi connectivity index (χ2v) is 7.52. The SMILES string of the molecule is O=S1(=O)CCCN(CC2(O)CCCC2)CC1. The van der Waals surface area contributed by atoms with E-state index in [0.29, 0.717) is 25.3 Å². The largest absolute Gasteiger partial charge is 0.389 e. The minimum Gasteiger partial charge on any atom is -0.389 e. The molecule has 0 aromatic heterocycles. The number of sulfone groups is 1. The summed E-state index contributed by atoms with van der Waals surface area (Å²) in [4.78, 5) is 2.12. The van der Waals surface area contributed by atoms with Crippen molar-refractivity contribution in [2.24, 2.45) is 0 Å². The highest BCUT2D eigenvalue weighted by Gasteiger charge is 2.33. The summed E-state index contributed by atoms with van der Waals surface area (Å²) >= 11 is 0. The fourth-order valence-electron chi connectivity index (χ4n) is 2.76. The summed E-state index contributed by atoms with van der Waals surface area (Å²) in [6.07, 6.45) is 4.65. The zero-order valence-corrected chi connectivity index (χ0v) is 10.5. The van der Waals surface area contributed by atoms with Gasteiger partial charge >= 0.3 is 0 Å². The van der Waals surface area contributed by atoms with Crippen LogP contribution in [-0.4, -0.2) is 55.2 Å². The molecule has 5 heteroatoms. The lowest BCUT2D eigenvalue weighted by Gasteiger charge is -2.30.